The maximum absolute atomic E-state index is 2.40. The van der Waals surface area contributed by atoms with E-state index in [0.29, 0.717) is 0 Å². The lowest BCUT2D eigenvalue weighted by Gasteiger charge is -2.13. The minimum Gasteiger partial charge on any atom is -0.0610 e. The molecule has 0 amide bonds. The normalized spacial score (nSPS) is 12.5. The Labute approximate surface area is 230 Å². The molecule has 0 saturated heterocycles. The monoisotopic (exact) mass is 502 g/mol. The summed E-state index contributed by atoms with van der Waals surface area (Å²) in [6.45, 7) is 0. The van der Waals surface area contributed by atoms with Crippen molar-refractivity contribution in [2.24, 2.45) is 0 Å². The van der Waals surface area contributed by atoms with Crippen molar-refractivity contribution in [2.75, 3.05) is 0 Å². The quantitative estimate of drug-likeness (QED) is 0.143. The Morgan fingerprint density at radius 3 is 0.925 bits per heavy atom. The van der Waals surface area contributed by atoms with Gasteiger partial charge < -0.3 is 0 Å². The molecule has 0 radical (unpaired) electrons. The summed E-state index contributed by atoms with van der Waals surface area (Å²) in [4.78, 5) is 0. The lowest BCUT2D eigenvalue weighted by Crippen LogP contribution is -1.85. The van der Waals surface area contributed by atoms with Gasteiger partial charge in [-0.05, 0) is 158 Å². The van der Waals surface area contributed by atoms with Crippen LogP contribution in [0.15, 0.2) is 133 Å². The first-order valence-corrected chi connectivity index (χ1v) is 14.0. The van der Waals surface area contributed by atoms with Gasteiger partial charge in [-0.2, -0.15) is 0 Å². The zero-order valence-corrected chi connectivity index (χ0v) is 21.7. The number of benzene rings is 10. The van der Waals surface area contributed by atoms with Crippen molar-refractivity contribution in [2.45, 2.75) is 0 Å². The van der Waals surface area contributed by atoms with Crippen LogP contribution in [0.2, 0.25) is 0 Å². The van der Waals surface area contributed by atoms with Gasteiger partial charge in [-0.3, -0.25) is 0 Å². The van der Waals surface area contributed by atoms with Crippen LogP contribution in [0.4, 0.5) is 0 Å². The molecular weight excluding hydrogens is 480 g/mol. The second-order valence-electron chi connectivity index (χ2n) is 11.4. The molecule has 182 valence electrons. The topological polar surface area (TPSA) is 0 Å². The number of rotatable bonds is 0. The van der Waals surface area contributed by atoms with Crippen LogP contribution in [0.1, 0.15) is 0 Å². The average Bonchev–Trinajstić information content (AvgIpc) is 2.98. The van der Waals surface area contributed by atoms with Gasteiger partial charge in [0.25, 0.3) is 0 Å². The molecule has 40 heavy (non-hydrogen) atoms. The lowest BCUT2D eigenvalue weighted by molar-refractivity contribution is 1.79. The molecule has 0 fully saturated rings. The molecule has 0 N–H and O–H groups in total. The van der Waals surface area contributed by atoms with Crippen molar-refractivity contribution in [3.63, 3.8) is 0 Å². The number of hydrogen-bond acceptors (Lipinski definition) is 0. The molecule has 10 aromatic rings. The largest absolute Gasteiger partial charge is 0.0610 e. The molecule has 0 aromatic heterocycles. The highest BCUT2D eigenvalue weighted by Crippen LogP contribution is 2.39. The predicted molar refractivity (Wildman–Crippen MR) is 175 cm³/mol. The summed E-state index contributed by atoms with van der Waals surface area (Å²) < 4.78 is 0. The average molecular weight is 503 g/mol. The van der Waals surface area contributed by atoms with E-state index in [1.54, 1.807) is 0 Å². The van der Waals surface area contributed by atoms with Crippen LogP contribution >= 0.6 is 0 Å². The van der Waals surface area contributed by atoms with Gasteiger partial charge in [0.1, 0.15) is 0 Å². The Kier molecular flexibility index (Phi) is 3.76. The van der Waals surface area contributed by atoms with Gasteiger partial charge in [-0.1, -0.05) is 72.8 Å². The molecule has 0 aliphatic heterocycles. The molecule has 0 spiro atoms. The molecule has 0 heterocycles. The smallest absolute Gasteiger partial charge is 0.00324 e. The molecule has 10 rings (SSSR count). The first-order chi connectivity index (χ1) is 19.8. The Balaban J connectivity index is 1.28. The fourth-order valence-electron chi connectivity index (χ4n) is 7.36. The van der Waals surface area contributed by atoms with E-state index in [1.165, 1.54) is 97.0 Å². The van der Waals surface area contributed by atoms with E-state index in [4.69, 9.17) is 0 Å². The van der Waals surface area contributed by atoms with E-state index >= 15 is 0 Å². The van der Waals surface area contributed by atoms with Crippen molar-refractivity contribution in [1.29, 1.82) is 0 Å². The van der Waals surface area contributed by atoms with Gasteiger partial charge in [0.15, 0.2) is 0 Å². The van der Waals surface area contributed by atoms with Crippen LogP contribution in [-0.4, -0.2) is 0 Å². The van der Waals surface area contributed by atoms with Gasteiger partial charge >= 0.3 is 0 Å². The highest BCUT2D eigenvalue weighted by Gasteiger charge is 2.11. The van der Waals surface area contributed by atoms with Gasteiger partial charge in [-0.15, -0.1) is 0 Å². The second-order valence-corrected chi connectivity index (χ2v) is 11.4. The zero-order chi connectivity index (χ0) is 25.9. The van der Waals surface area contributed by atoms with Gasteiger partial charge in [0, 0.05) is 0 Å². The standard InChI is InChI=1S/C40H22/c1-5-23-7-3-11-35-37-21-31-17-28-16-30-20-34-14-26-10-2-6-24-8-4-12-36(40(24)26)38(34)22-32(30)18-27(28)15-29(31)19-33(37)13-25(9-1)39(23)35/h1-22H. The zero-order valence-electron chi connectivity index (χ0n) is 21.7. The third kappa shape index (κ3) is 2.70. The lowest BCUT2D eigenvalue weighted by atomic mass is 9.91. The SMILES string of the molecule is c1cc2cccc3c4cc5cc6cc7cc8cc9cccc%10cccc(c8cc7cc6cc5cc4cc(c1)c23)c%109. The molecule has 10 aromatic carbocycles. The summed E-state index contributed by atoms with van der Waals surface area (Å²) in [5.41, 5.74) is 0. The highest BCUT2D eigenvalue weighted by atomic mass is 14.1. The molecule has 0 aliphatic carbocycles. The van der Waals surface area contributed by atoms with E-state index in [-0.39, 0.29) is 0 Å². The molecule has 0 aliphatic rings. The van der Waals surface area contributed by atoms with E-state index in [9.17, 15) is 0 Å². The first kappa shape index (κ1) is 20.7. The van der Waals surface area contributed by atoms with E-state index < -0.39 is 0 Å². The maximum Gasteiger partial charge on any atom is -0.00324 e. The fraction of sp³-hybridized carbons (Fsp3) is 0. The molecule has 0 atom stereocenters. The minimum absolute atomic E-state index is 1.29. The van der Waals surface area contributed by atoms with Crippen molar-refractivity contribution in [1.82, 2.24) is 0 Å². The Morgan fingerprint density at radius 2 is 0.500 bits per heavy atom. The second kappa shape index (κ2) is 7.25. The summed E-state index contributed by atoms with van der Waals surface area (Å²) in [6, 6.07) is 50.4. The van der Waals surface area contributed by atoms with Crippen LogP contribution in [0.5, 0.6) is 0 Å². The van der Waals surface area contributed by atoms with Gasteiger partial charge in [0.2, 0.25) is 0 Å². The van der Waals surface area contributed by atoms with Crippen LogP contribution < -0.4 is 0 Å². The van der Waals surface area contributed by atoms with E-state index in [2.05, 4.69) is 133 Å². The van der Waals surface area contributed by atoms with Crippen molar-refractivity contribution < 1.29 is 0 Å². The summed E-state index contributed by atoms with van der Waals surface area (Å²) in [6.07, 6.45) is 0. The Bertz CT molecular complexity index is 2490. The third-order valence-electron chi connectivity index (χ3n) is 9.16. The number of fused-ring (bicyclic) bond motifs is 7. The molecule has 0 nitrogen and oxygen atoms in total. The van der Waals surface area contributed by atoms with Crippen molar-refractivity contribution in [3.05, 3.63) is 133 Å². The van der Waals surface area contributed by atoms with Crippen LogP contribution in [0.3, 0.4) is 0 Å². The van der Waals surface area contributed by atoms with Crippen LogP contribution in [0, 0.1) is 0 Å². The molecular formula is C40H22. The van der Waals surface area contributed by atoms with Gasteiger partial charge in [-0.25, -0.2) is 0 Å². The molecule has 0 saturated carbocycles. The Hall–Kier alpha value is -5.20. The summed E-state index contributed by atoms with van der Waals surface area (Å²) in [5.74, 6) is 0. The van der Waals surface area contributed by atoms with Crippen molar-refractivity contribution in [3.8, 4) is 0 Å². The minimum atomic E-state index is 1.29. The molecule has 0 unspecified atom stereocenters. The molecule has 0 heteroatoms. The Morgan fingerprint density at radius 1 is 0.200 bits per heavy atom. The highest BCUT2D eigenvalue weighted by molar-refractivity contribution is 6.25. The van der Waals surface area contributed by atoms with Crippen LogP contribution in [-0.2, 0) is 0 Å². The predicted octanol–water partition coefficient (Wildman–Crippen LogP) is 11.5. The first-order valence-electron chi connectivity index (χ1n) is 14.0. The van der Waals surface area contributed by atoms with E-state index in [1.807, 2.05) is 0 Å². The maximum atomic E-state index is 2.40. The molecule has 0 bridgehead atoms. The number of hydrogen-bond donors (Lipinski definition) is 0. The van der Waals surface area contributed by atoms with E-state index in [0.717, 1.165) is 0 Å². The fourth-order valence-corrected chi connectivity index (χ4v) is 7.36. The summed E-state index contributed by atoms with van der Waals surface area (Å²) in [7, 11) is 0. The summed E-state index contributed by atoms with van der Waals surface area (Å²) >= 11 is 0. The van der Waals surface area contributed by atoms with Crippen LogP contribution in [0.25, 0.3) is 97.0 Å². The summed E-state index contributed by atoms with van der Waals surface area (Å²) in [5, 5.41) is 23.6. The van der Waals surface area contributed by atoms with Gasteiger partial charge in [0.05, 0.1) is 0 Å². The third-order valence-corrected chi connectivity index (χ3v) is 9.16. The van der Waals surface area contributed by atoms with Crippen molar-refractivity contribution >= 4 is 97.0 Å².